The Balaban J connectivity index is 2.20. The van der Waals surface area contributed by atoms with Gasteiger partial charge in [0.05, 0.1) is 0 Å². The predicted octanol–water partition coefficient (Wildman–Crippen LogP) is 1.74. The molecule has 104 valence electrons. The average molecular weight is 261 g/mol. The Hall–Kier alpha value is -1.55. The molecule has 0 bridgehead atoms. The largest absolute Gasteiger partial charge is 0.399 e. The molecule has 2 rings (SSSR count). The van der Waals surface area contributed by atoms with Crippen LogP contribution in [-0.4, -0.2) is 48.9 Å². The van der Waals surface area contributed by atoms with Gasteiger partial charge in [0, 0.05) is 30.4 Å². The van der Waals surface area contributed by atoms with Crippen LogP contribution in [0.4, 0.5) is 5.69 Å². The quantitative estimate of drug-likeness (QED) is 0.843. The number of nitrogens with two attached hydrogens (primary N) is 1. The van der Waals surface area contributed by atoms with Gasteiger partial charge in [0.2, 0.25) is 0 Å². The van der Waals surface area contributed by atoms with E-state index in [1.807, 2.05) is 38.1 Å². The number of nitrogen functional groups attached to an aromatic ring is 1. The summed E-state index contributed by atoms with van der Waals surface area (Å²) in [4.78, 5) is 16.8. The van der Waals surface area contributed by atoms with E-state index in [-0.39, 0.29) is 5.91 Å². The smallest absolute Gasteiger partial charge is 0.254 e. The first-order valence-corrected chi connectivity index (χ1v) is 6.81. The molecule has 0 radical (unpaired) electrons. The maximum absolute atomic E-state index is 12.7. The Kier molecular flexibility index (Phi) is 4.10. The first kappa shape index (κ1) is 13.9. The molecule has 1 saturated heterocycles. The molecular formula is C15H23N3O. The summed E-state index contributed by atoms with van der Waals surface area (Å²) in [5, 5.41) is 0. The molecule has 1 aliphatic heterocycles. The summed E-state index contributed by atoms with van der Waals surface area (Å²) >= 11 is 0. The van der Waals surface area contributed by atoms with Crippen molar-refractivity contribution in [3.05, 3.63) is 29.3 Å². The normalized spacial score (nSPS) is 19.2. The van der Waals surface area contributed by atoms with Crippen LogP contribution in [0, 0.1) is 6.92 Å². The van der Waals surface area contributed by atoms with E-state index in [4.69, 9.17) is 5.73 Å². The van der Waals surface area contributed by atoms with Gasteiger partial charge in [-0.15, -0.1) is 0 Å². The second-order valence-corrected chi connectivity index (χ2v) is 5.63. The summed E-state index contributed by atoms with van der Waals surface area (Å²) in [6.45, 7) is 3.74. The van der Waals surface area contributed by atoms with Crippen molar-refractivity contribution in [1.82, 2.24) is 9.80 Å². The molecule has 1 unspecified atom stereocenters. The number of hydrogen-bond acceptors (Lipinski definition) is 3. The summed E-state index contributed by atoms with van der Waals surface area (Å²) in [6, 6.07) is 5.87. The van der Waals surface area contributed by atoms with Crippen LogP contribution >= 0.6 is 0 Å². The predicted molar refractivity (Wildman–Crippen MR) is 78.2 cm³/mol. The van der Waals surface area contributed by atoms with Crippen molar-refractivity contribution >= 4 is 11.6 Å². The molecule has 1 heterocycles. The van der Waals surface area contributed by atoms with Gasteiger partial charge < -0.3 is 15.5 Å². The minimum absolute atomic E-state index is 0.120. The number of likely N-dealkylation sites (tertiary alicyclic amines) is 1. The molecule has 1 aromatic rings. The van der Waals surface area contributed by atoms with E-state index in [1.165, 1.54) is 0 Å². The van der Waals surface area contributed by atoms with Crippen molar-refractivity contribution < 1.29 is 4.79 Å². The number of nitrogens with zero attached hydrogens (tertiary/aromatic N) is 2. The maximum Gasteiger partial charge on any atom is 0.254 e. The Morgan fingerprint density at radius 3 is 2.89 bits per heavy atom. The minimum Gasteiger partial charge on any atom is -0.399 e. The van der Waals surface area contributed by atoms with Crippen LogP contribution in [0.25, 0.3) is 0 Å². The van der Waals surface area contributed by atoms with Crippen molar-refractivity contribution in [3.63, 3.8) is 0 Å². The van der Waals surface area contributed by atoms with Gasteiger partial charge in [0.15, 0.2) is 0 Å². The third-order valence-electron chi connectivity index (χ3n) is 3.71. The second-order valence-electron chi connectivity index (χ2n) is 5.63. The zero-order chi connectivity index (χ0) is 14.0. The highest BCUT2D eigenvalue weighted by Crippen LogP contribution is 2.23. The van der Waals surface area contributed by atoms with E-state index in [9.17, 15) is 4.79 Å². The van der Waals surface area contributed by atoms with Gasteiger partial charge in [-0.05, 0) is 51.6 Å². The molecule has 4 nitrogen and oxygen atoms in total. The van der Waals surface area contributed by atoms with Gasteiger partial charge in [-0.1, -0.05) is 6.07 Å². The number of rotatable bonds is 3. The fourth-order valence-corrected chi connectivity index (χ4v) is 2.74. The molecule has 0 spiro atoms. The highest BCUT2D eigenvalue weighted by Gasteiger charge is 2.30. The number of amides is 1. The van der Waals surface area contributed by atoms with E-state index >= 15 is 0 Å². The van der Waals surface area contributed by atoms with E-state index < -0.39 is 0 Å². The molecule has 1 fully saturated rings. The van der Waals surface area contributed by atoms with Crippen molar-refractivity contribution in [1.29, 1.82) is 0 Å². The molecule has 1 amide bonds. The van der Waals surface area contributed by atoms with Crippen LogP contribution < -0.4 is 5.73 Å². The van der Waals surface area contributed by atoms with Crippen molar-refractivity contribution in [3.8, 4) is 0 Å². The molecule has 2 N–H and O–H groups in total. The number of carbonyl (C=O) groups is 1. The number of likely N-dealkylation sites (N-methyl/N-ethyl adjacent to an activating group) is 1. The third-order valence-corrected chi connectivity index (χ3v) is 3.71. The lowest BCUT2D eigenvalue weighted by Gasteiger charge is -2.27. The van der Waals surface area contributed by atoms with Gasteiger partial charge in [0.1, 0.15) is 0 Å². The zero-order valence-corrected chi connectivity index (χ0v) is 12.0. The van der Waals surface area contributed by atoms with Crippen LogP contribution in [0.1, 0.15) is 28.8 Å². The fourth-order valence-electron chi connectivity index (χ4n) is 2.74. The van der Waals surface area contributed by atoms with E-state index in [1.54, 1.807) is 6.07 Å². The average Bonchev–Trinajstić information content (AvgIpc) is 2.78. The van der Waals surface area contributed by atoms with Gasteiger partial charge in [-0.3, -0.25) is 4.79 Å². The van der Waals surface area contributed by atoms with Crippen LogP contribution in [0.2, 0.25) is 0 Å². The SMILES string of the molecule is Cc1ccc(N)cc1C(=O)N1CCCC1CN(C)C. The van der Waals surface area contributed by atoms with Crippen molar-refractivity contribution in [2.45, 2.75) is 25.8 Å². The Bertz CT molecular complexity index is 470. The highest BCUT2D eigenvalue weighted by atomic mass is 16.2. The summed E-state index contributed by atoms with van der Waals surface area (Å²) in [6.07, 6.45) is 2.18. The summed E-state index contributed by atoms with van der Waals surface area (Å²) in [5.41, 5.74) is 8.19. The lowest BCUT2D eigenvalue weighted by atomic mass is 10.1. The fraction of sp³-hybridized carbons (Fsp3) is 0.533. The van der Waals surface area contributed by atoms with Gasteiger partial charge in [-0.25, -0.2) is 0 Å². The number of aryl methyl sites for hydroxylation is 1. The van der Waals surface area contributed by atoms with E-state index in [0.29, 0.717) is 11.7 Å². The Labute approximate surface area is 115 Å². The molecule has 1 aliphatic rings. The first-order valence-electron chi connectivity index (χ1n) is 6.81. The molecule has 0 aliphatic carbocycles. The standard InChI is InChI=1S/C15H23N3O/c1-11-6-7-12(16)9-14(11)15(19)18-8-4-5-13(18)10-17(2)3/h6-7,9,13H,4-5,8,10,16H2,1-3H3. The minimum atomic E-state index is 0.120. The Morgan fingerprint density at radius 2 is 2.21 bits per heavy atom. The topological polar surface area (TPSA) is 49.6 Å². The van der Waals surface area contributed by atoms with E-state index in [2.05, 4.69) is 4.90 Å². The number of carbonyl (C=O) groups excluding carboxylic acids is 1. The summed E-state index contributed by atoms with van der Waals surface area (Å²) < 4.78 is 0. The van der Waals surface area contributed by atoms with Crippen LogP contribution in [-0.2, 0) is 0 Å². The van der Waals surface area contributed by atoms with Crippen LogP contribution in [0.15, 0.2) is 18.2 Å². The lowest BCUT2D eigenvalue weighted by Crippen LogP contribution is -2.41. The molecule has 0 saturated carbocycles. The molecule has 1 aromatic carbocycles. The first-order chi connectivity index (χ1) is 8.99. The molecule has 19 heavy (non-hydrogen) atoms. The van der Waals surface area contributed by atoms with Crippen LogP contribution in [0.5, 0.6) is 0 Å². The molecular weight excluding hydrogens is 238 g/mol. The lowest BCUT2D eigenvalue weighted by molar-refractivity contribution is 0.0716. The maximum atomic E-state index is 12.7. The van der Waals surface area contributed by atoms with E-state index in [0.717, 1.165) is 37.1 Å². The molecule has 0 aromatic heterocycles. The highest BCUT2D eigenvalue weighted by molar-refractivity contribution is 5.96. The van der Waals surface area contributed by atoms with Crippen molar-refractivity contribution in [2.75, 3.05) is 32.9 Å². The number of benzene rings is 1. The van der Waals surface area contributed by atoms with Gasteiger partial charge in [-0.2, -0.15) is 0 Å². The number of hydrogen-bond donors (Lipinski definition) is 1. The van der Waals surface area contributed by atoms with Crippen LogP contribution in [0.3, 0.4) is 0 Å². The van der Waals surface area contributed by atoms with Crippen molar-refractivity contribution in [2.24, 2.45) is 0 Å². The molecule has 4 heteroatoms. The second kappa shape index (κ2) is 5.61. The molecule has 1 atom stereocenters. The van der Waals surface area contributed by atoms with Gasteiger partial charge in [0.25, 0.3) is 5.91 Å². The number of anilines is 1. The Morgan fingerprint density at radius 1 is 1.47 bits per heavy atom. The summed E-state index contributed by atoms with van der Waals surface area (Å²) in [7, 11) is 4.10. The summed E-state index contributed by atoms with van der Waals surface area (Å²) in [5.74, 6) is 0.120. The monoisotopic (exact) mass is 261 g/mol. The zero-order valence-electron chi connectivity index (χ0n) is 12.0. The van der Waals surface area contributed by atoms with Gasteiger partial charge >= 0.3 is 0 Å². The third kappa shape index (κ3) is 3.07.